The fourth-order valence-corrected chi connectivity index (χ4v) is 3.56. The fourth-order valence-electron chi connectivity index (χ4n) is 3.56. The van der Waals surface area contributed by atoms with Gasteiger partial charge in [0.05, 0.1) is 18.9 Å². The van der Waals surface area contributed by atoms with Crippen LogP contribution in [-0.2, 0) is 11.3 Å². The van der Waals surface area contributed by atoms with Crippen LogP contribution in [0.1, 0.15) is 29.8 Å². The second-order valence-electron chi connectivity index (χ2n) is 6.93. The summed E-state index contributed by atoms with van der Waals surface area (Å²) in [5.41, 5.74) is 4.83. The highest BCUT2D eigenvalue weighted by Crippen LogP contribution is 2.31. The molecule has 0 radical (unpaired) electrons. The van der Waals surface area contributed by atoms with Crippen molar-refractivity contribution in [2.45, 2.75) is 26.6 Å². The van der Waals surface area contributed by atoms with Crippen LogP contribution in [0.25, 0.3) is 5.69 Å². The fraction of sp³-hybridized carbons (Fsp3) is 0.304. The van der Waals surface area contributed by atoms with Crippen LogP contribution >= 0.6 is 0 Å². The van der Waals surface area contributed by atoms with Gasteiger partial charge in [0.2, 0.25) is 0 Å². The Kier molecular flexibility index (Phi) is 5.28. The lowest BCUT2D eigenvalue weighted by molar-refractivity contribution is 0.0288. The molecule has 0 aliphatic carbocycles. The highest BCUT2D eigenvalue weighted by atomic mass is 16.5. The number of hydrogen-bond acceptors (Lipinski definition) is 3. The van der Waals surface area contributed by atoms with Crippen LogP contribution < -0.4 is 4.74 Å². The summed E-state index contributed by atoms with van der Waals surface area (Å²) in [6.45, 7) is 7.38. The number of para-hydroxylation sites is 2. The van der Waals surface area contributed by atoms with Gasteiger partial charge in [-0.2, -0.15) is 0 Å². The van der Waals surface area contributed by atoms with Crippen molar-refractivity contribution >= 4 is 0 Å². The average molecular weight is 362 g/mol. The number of hydrogen-bond donors (Lipinski definition) is 0. The molecule has 0 bridgehead atoms. The third-order valence-corrected chi connectivity index (χ3v) is 4.94. The first kappa shape index (κ1) is 17.8. The summed E-state index contributed by atoms with van der Waals surface area (Å²) in [4.78, 5) is 2.39. The first-order valence-corrected chi connectivity index (χ1v) is 9.56. The Labute approximate surface area is 161 Å². The van der Waals surface area contributed by atoms with E-state index in [1.165, 1.54) is 16.7 Å². The average Bonchev–Trinajstić information content (AvgIpc) is 3.34. The van der Waals surface area contributed by atoms with E-state index in [1.807, 2.05) is 25.1 Å². The van der Waals surface area contributed by atoms with Crippen LogP contribution in [-0.4, -0.2) is 29.2 Å². The van der Waals surface area contributed by atoms with Crippen molar-refractivity contribution in [2.75, 3.05) is 19.8 Å². The maximum Gasteiger partial charge on any atom is 0.143 e. The molecule has 0 spiro atoms. The zero-order valence-electron chi connectivity index (χ0n) is 16.0. The van der Waals surface area contributed by atoms with Gasteiger partial charge in [0.1, 0.15) is 12.0 Å². The van der Waals surface area contributed by atoms with Gasteiger partial charge in [-0.1, -0.05) is 42.0 Å². The summed E-state index contributed by atoms with van der Waals surface area (Å²) in [6, 6.07) is 19.0. The molecule has 1 fully saturated rings. The van der Waals surface area contributed by atoms with Gasteiger partial charge < -0.3 is 14.0 Å². The van der Waals surface area contributed by atoms with Crippen LogP contribution in [0.4, 0.5) is 0 Å². The predicted molar refractivity (Wildman–Crippen MR) is 107 cm³/mol. The monoisotopic (exact) mass is 362 g/mol. The van der Waals surface area contributed by atoms with Crippen molar-refractivity contribution in [3.63, 3.8) is 0 Å². The first-order chi connectivity index (χ1) is 13.2. The molecular formula is C23H26N2O2. The van der Waals surface area contributed by atoms with Gasteiger partial charge in [-0.05, 0) is 37.6 Å². The number of nitrogens with zero attached hydrogens (tertiary/aromatic N) is 2. The van der Waals surface area contributed by atoms with Crippen molar-refractivity contribution < 1.29 is 9.47 Å². The normalized spacial score (nSPS) is 17.3. The van der Waals surface area contributed by atoms with Crippen LogP contribution in [0.15, 0.2) is 67.0 Å². The summed E-state index contributed by atoms with van der Waals surface area (Å²) >= 11 is 0. The summed E-state index contributed by atoms with van der Waals surface area (Å²) in [5.74, 6) is 0.894. The summed E-state index contributed by atoms with van der Waals surface area (Å²) in [5, 5.41) is 0. The van der Waals surface area contributed by atoms with Crippen molar-refractivity contribution in [1.29, 1.82) is 0 Å². The van der Waals surface area contributed by atoms with Gasteiger partial charge in [-0.3, -0.25) is 4.90 Å². The van der Waals surface area contributed by atoms with Gasteiger partial charge in [-0.15, -0.1) is 0 Å². The number of rotatable bonds is 6. The quantitative estimate of drug-likeness (QED) is 0.635. The Bertz CT molecular complexity index is 885. The summed E-state index contributed by atoms with van der Waals surface area (Å²) in [6.07, 6.45) is 4.22. The Hall–Kier alpha value is -2.56. The Balaban J connectivity index is 1.54. The molecule has 1 atom stereocenters. The standard InChI is InChI=1S/C23H26N2O2/c1-3-26-22-7-5-4-6-21(22)24-13-12-20(17-24)23-25(14-15-27-23)16-19-10-8-18(2)9-11-19/h4-13,17,23H,3,14-16H2,1-2H3/t23-/m1/s1. The second kappa shape index (κ2) is 7.99. The molecule has 1 aromatic heterocycles. The molecule has 4 nitrogen and oxygen atoms in total. The van der Waals surface area contributed by atoms with Crippen molar-refractivity contribution in [2.24, 2.45) is 0 Å². The maximum absolute atomic E-state index is 6.06. The Morgan fingerprint density at radius 1 is 1.07 bits per heavy atom. The molecule has 4 rings (SSSR count). The van der Waals surface area contributed by atoms with E-state index in [2.05, 4.69) is 65.2 Å². The Morgan fingerprint density at radius 2 is 1.89 bits per heavy atom. The minimum atomic E-state index is -0.00758. The molecule has 27 heavy (non-hydrogen) atoms. The van der Waals surface area contributed by atoms with E-state index in [0.717, 1.165) is 31.1 Å². The van der Waals surface area contributed by atoms with E-state index in [0.29, 0.717) is 6.61 Å². The van der Waals surface area contributed by atoms with E-state index >= 15 is 0 Å². The lowest BCUT2D eigenvalue weighted by Crippen LogP contribution is -2.23. The topological polar surface area (TPSA) is 26.6 Å². The lowest BCUT2D eigenvalue weighted by Gasteiger charge is -2.22. The molecule has 3 aromatic rings. The number of benzene rings is 2. The summed E-state index contributed by atoms with van der Waals surface area (Å²) < 4.78 is 13.9. The smallest absolute Gasteiger partial charge is 0.143 e. The lowest BCUT2D eigenvalue weighted by atomic mass is 10.1. The van der Waals surface area contributed by atoms with Crippen molar-refractivity contribution in [3.8, 4) is 11.4 Å². The van der Waals surface area contributed by atoms with Gasteiger partial charge in [0, 0.05) is 31.0 Å². The first-order valence-electron chi connectivity index (χ1n) is 9.56. The molecule has 4 heteroatoms. The molecule has 0 saturated carbocycles. The van der Waals surface area contributed by atoms with Crippen LogP contribution in [0.2, 0.25) is 0 Å². The molecule has 0 N–H and O–H groups in total. The van der Waals surface area contributed by atoms with E-state index in [1.54, 1.807) is 0 Å². The number of aromatic nitrogens is 1. The van der Waals surface area contributed by atoms with Crippen LogP contribution in [0.5, 0.6) is 5.75 Å². The molecule has 2 aromatic carbocycles. The highest BCUT2D eigenvalue weighted by molar-refractivity contribution is 5.47. The molecule has 1 aliphatic rings. The molecule has 2 heterocycles. The third kappa shape index (κ3) is 3.92. The summed E-state index contributed by atoms with van der Waals surface area (Å²) in [7, 11) is 0. The van der Waals surface area contributed by atoms with Gasteiger partial charge in [0.15, 0.2) is 0 Å². The number of aryl methyl sites for hydroxylation is 1. The second-order valence-corrected chi connectivity index (χ2v) is 6.93. The van der Waals surface area contributed by atoms with Gasteiger partial charge >= 0.3 is 0 Å². The maximum atomic E-state index is 6.06. The van der Waals surface area contributed by atoms with Crippen LogP contribution in [0, 0.1) is 6.92 Å². The molecule has 140 valence electrons. The van der Waals surface area contributed by atoms with E-state index in [-0.39, 0.29) is 6.23 Å². The largest absolute Gasteiger partial charge is 0.492 e. The van der Waals surface area contributed by atoms with Crippen molar-refractivity contribution in [1.82, 2.24) is 9.47 Å². The number of ether oxygens (including phenoxy) is 2. The van der Waals surface area contributed by atoms with E-state index < -0.39 is 0 Å². The predicted octanol–water partition coefficient (Wildman–Crippen LogP) is 4.72. The molecule has 1 aliphatic heterocycles. The minimum absolute atomic E-state index is 0.00758. The third-order valence-electron chi connectivity index (χ3n) is 4.94. The molecule has 1 saturated heterocycles. The van der Waals surface area contributed by atoms with E-state index in [4.69, 9.17) is 9.47 Å². The molecule has 0 amide bonds. The SMILES string of the molecule is CCOc1ccccc1-n1ccc([C@H]2OCCN2Cc2ccc(C)cc2)c1. The molecular weight excluding hydrogens is 336 g/mol. The minimum Gasteiger partial charge on any atom is -0.492 e. The zero-order valence-corrected chi connectivity index (χ0v) is 16.0. The van der Waals surface area contributed by atoms with Gasteiger partial charge in [0.25, 0.3) is 0 Å². The van der Waals surface area contributed by atoms with Gasteiger partial charge in [-0.25, -0.2) is 0 Å². The highest BCUT2D eigenvalue weighted by Gasteiger charge is 2.27. The van der Waals surface area contributed by atoms with E-state index in [9.17, 15) is 0 Å². The zero-order chi connectivity index (χ0) is 18.6. The van der Waals surface area contributed by atoms with Crippen molar-refractivity contribution in [3.05, 3.63) is 83.7 Å². The molecule has 0 unspecified atom stereocenters. The Morgan fingerprint density at radius 3 is 2.70 bits per heavy atom. The van der Waals surface area contributed by atoms with Crippen LogP contribution in [0.3, 0.4) is 0 Å².